The van der Waals surface area contributed by atoms with Gasteiger partial charge in [-0.05, 0) is 36.2 Å². The first-order valence-electron chi connectivity index (χ1n) is 8.72. The third kappa shape index (κ3) is 6.66. The van der Waals surface area contributed by atoms with Crippen molar-refractivity contribution < 1.29 is 4.74 Å². The van der Waals surface area contributed by atoms with Crippen LogP contribution >= 0.6 is 35.3 Å². The molecule has 0 aliphatic heterocycles. The predicted molar refractivity (Wildman–Crippen MR) is 125 cm³/mol. The van der Waals surface area contributed by atoms with Crippen LogP contribution in [-0.2, 0) is 6.54 Å². The van der Waals surface area contributed by atoms with E-state index in [2.05, 4.69) is 44.9 Å². The minimum atomic E-state index is 0. The summed E-state index contributed by atoms with van der Waals surface area (Å²) >= 11 is 1.69. The highest BCUT2D eigenvalue weighted by Gasteiger charge is 2.01. The Bertz CT molecular complexity index is 881. The normalized spacial score (nSPS) is 11.1. The molecule has 0 spiro atoms. The number of fused-ring (bicyclic) bond motifs is 1. The average molecular weight is 496 g/mol. The fourth-order valence-corrected chi connectivity index (χ4v) is 3.34. The van der Waals surface area contributed by atoms with Crippen LogP contribution in [0, 0.1) is 6.92 Å². The Hall–Kier alpha value is -1.87. The molecule has 2 N–H and O–H groups in total. The highest BCUT2D eigenvalue weighted by Crippen LogP contribution is 2.20. The molecule has 3 rings (SSSR count). The lowest BCUT2D eigenvalue weighted by Crippen LogP contribution is -2.37. The van der Waals surface area contributed by atoms with Crippen molar-refractivity contribution in [3.63, 3.8) is 0 Å². The van der Waals surface area contributed by atoms with E-state index in [4.69, 9.17) is 4.74 Å². The number of rotatable bonds is 7. The smallest absolute Gasteiger partial charge is 0.191 e. The Morgan fingerprint density at radius 1 is 1.15 bits per heavy atom. The summed E-state index contributed by atoms with van der Waals surface area (Å²) in [7, 11) is 1.78. The molecule has 0 saturated carbocycles. The maximum atomic E-state index is 5.85. The second kappa shape index (κ2) is 11.1. The van der Waals surface area contributed by atoms with Crippen LogP contribution in [0.1, 0.15) is 16.3 Å². The van der Waals surface area contributed by atoms with Crippen LogP contribution in [-0.4, -0.2) is 31.1 Å². The number of hydrogen-bond acceptors (Lipinski definition) is 4. The van der Waals surface area contributed by atoms with Crippen molar-refractivity contribution in [3.8, 4) is 5.75 Å². The van der Waals surface area contributed by atoms with E-state index < -0.39 is 0 Å². The number of halogens is 1. The molecular formula is C20H25IN4OS. The van der Waals surface area contributed by atoms with E-state index in [9.17, 15) is 0 Å². The minimum absolute atomic E-state index is 0. The SMILES string of the molecule is CN=C(NCCCOc1ccc2ccccc2c1)NCc1cnc(C)s1.I. The summed E-state index contributed by atoms with van der Waals surface area (Å²) < 4.78 is 5.85. The molecule has 144 valence electrons. The maximum Gasteiger partial charge on any atom is 0.191 e. The lowest BCUT2D eigenvalue weighted by atomic mass is 10.1. The molecule has 0 unspecified atom stereocenters. The van der Waals surface area contributed by atoms with E-state index in [1.807, 2.05) is 31.3 Å². The Balaban J connectivity index is 0.00000261. The molecule has 0 aliphatic carbocycles. The standard InChI is InChI=1S/C20H24N4OS.HI/c1-15-23-13-19(26-15)14-24-20(21-2)22-10-5-11-25-18-9-8-16-6-3-4-7-17(16)12-18;/h3-4,6-9,12-13H,5,10-11,14H2,1-2H3,(H2,21,22,24);1H. The van der Waals surface area contributed by atoms with Gasteiger partial charge in [-0.15, -0.1) is 35.3 Å². The highest BCUT2D eigenvalue weighted by molar-refractivity contribution is 14.0. The molecule has 0 atom stereocenters. The van der Waals surface area contributed by atoms with Gasteiger partial charge in [-0.1, -0.05) is 30.3 Å². The summed E-state index contributed by atoms with van der Waals surface area (Å²) in [6, 6.07) is 14.5. The maximum absolute atomic E-state index is 5.85. The van der Waals surface area contributed by atoms with Gasteiger partial charge in [0.1, 0.15) is 5.75 Å². The van der Waals surface area contributed by atoms with Crippen LogP contribution < -0.4 is 15.4 Å². The number of ether oxygens (including phenoxy) is 1. The second-order valence-electron chi connectivity index (χ2n) is 5.91. The molecule has 5 nitrogen and oxygen atoms in total. The number of nitrogens with one attached hydrogen (secondary N) is 2. The van der Waals surface area contributed by atoms with E-state index in [0.29, 0.717) is 6.61 Å². The summed E-state index contributed by atoms with van der Waals surface area (Å²) in [4.78, 5) is 9.69. The third-order valence-electron chi connectivity index (χ3n) is 3.93. The zero-order chi connectivity index (χ0) is 18.2. The molecule has 0 bridgehead atoms. The number of aromatic nitrogens is 1. The largest absolute Gasteiger partial charge is 0.494 e. The monoisotopic (exact) mass is 496 g/mol. The van der Waals surface area contributed by atoms with Crippen molar-refractivity contribution >= 4 is 52.0 Å². The minimum Gasteiger partial charge on any atom is -0.494 e. The number of nitrogens with zero attached hydrogens (tertiary/aromatic N) is 2. The quantitative estimate of drug-likeness (QED) is 0.221. The van der Waals surface area contributed by atoms with Crippen LogP contribution in [0.25, 0.3) is 10.8 Å². The van der Waals surface area contributed by atoms with Gasteiger partial charge in [0.05, 0.1) is 18.2 Å². The predicted octanol–water partition coefficient (Wildman–Crippen LogP) is 4.36. The average Bonchev–Trinajstić information content (AvgIpc) is 3.09. The van der Waals surface area contributed by atoms with Gasteiger partial charge < -0.3 is 15.4 Å². The zero-order valence-corrected chi connectivity index (χ0v) is 18.7. The summed E-state index contributed by atoms with van der Waals surface area (Å²) in [5, 5.41) is 10.1. The van der Waals surface area contributed by atoms with Crippen LogP contribution in [0.3, 0.4) is 0 Å². The molecular weight excluding hydrogens is 471 g/mol. The first-order valence-corrected chi connectivity index (χ1v) is 9.53. The van der Waals surface area contributed by atoms with Crippen molar-refractivity contribution in [3.05, 3.63) is 58.5 Å². The lowest BCUT2D eigenvalue weighted by molar-refractivity contribution is 0.311. The van der Waals surface area contributed by atoms with E-state index in [0.717, 1.165) is 36.2 Å². The van der Waals surface area contributed by atoms with Gasteiger partial charge in [-0.3, -0.25) is 4.99 Å². The number of thiazole rings is 1. The number of guanidine groups is 1. The number of benzene rings is 2. The summed E-state index contributed by atoms with van der Waals surface area (Å²) in [5.74, 6) is 1.70. The van der Waals surface area contributed by atoms with E-state index >= 15 is 0 Å². The summed E-state index contributed by atoms with van der Waals surface area (Å²) in [6.45, 7) is 4.21. The molecule has 2 aromatic carbocycles. The molecule has 0 fully saturated rings. The van der Waals surface area contributed by atoms with Gasteiger partial charge in [0, 0.05) is 24.7 Å². The van der Waals surface area contributed by atoms with Crippen LogP contribution in [0.2, 0.25) is 0 Å². The van der Waals surface area contributed by atoms with Crippen molar-refractivity contribution in [1.29, 1.82) is 0 Å². The highest BCUT2D eigenvalue weighted by atomic mass is 127. The van der Waals surface area contributed by atoms with Crippen molar-refractivity contribution in [1.82, 2.24) is 15.6 Å². The van der Waals surface area contributed by atoms with Gasteiger partial charge in [-0.2, -0.15) is 0 Å². The fraction of sp³-hybridized carbons (Fsp3) is 0.300. The van der Waals surface area contributed by atoms with Crippen LogP contribution in [0.4, 0.5) is 0 Å². The molecule has 0 saturated heterocycles. The first kappa shape index (κ1) is 21.4. The van der Waals surface area contributed by atoms with Crippen LogP contribution in [0.15, 0.2) is 53.7 Å². The van der Waals surface area contributed by atoms with Gasteiger partial charge in [0.25, 0.3) is 0 Å². The fourth-order valence-electron chi connectivity index (χ4n) is 2.60. The van der Waals surface area contributed by atoms with Gasteiger partial charge in [0.2, 0.25) is 0 Å². The first-order chi connectivity index (χ1) is 12.7. The Morgan fingerprint density at radius 2 is 1.96 bits per heavy atom. The Kier molecular flexibility index (Phi) is 8.80. The van der Waals surface area contributed by atoms with Crippen molar-refractivity contribution in [2.45, 2.75) is 19.9 Å². The zero-order valence-electron chi connectivity index (χ0n) is 15.6. The molecule has 7 heteroatoms. The Labute approximate surface area is 181 Å². The van der Waals surface area contributed by atoms with Gasteiger partial charge >= 0.3 is 0 Å². The van der Waals surface area contributed by atoms with E-state index in [1.165, 1.54) is 15.6 Å². The molecule has 27 heavy (non-hydrogen) atoms. The van der Waals surface area contributed by atoms with Gasteiger partial charge in [0.15, 0.2) is 5.96 Å². The molecule has 3 aromatic rings. The second-order valence-corrected chi connectivity index (χ2v) is 7.23. The molecule has 0 aliphatic rings. The molecule has 0 amide bonds. The van der Waals surface area contributed by atoms with E-state index in [1.54, 1.807) is 18.4 Å². The topological polar surface area (TPSA) is 58.5 Å². The molecule has 1 aromatic heterocycles. The van der Waals surface area contributed by atoms with Crippen molar-refractivity contribution in [2.75, 3.05) is 20.2 Å². The van der Waals surface area contributed by atoms with Crippen molar-refractivity contribution in [2.24, 2.45) is 4.99 Å². The summed E-state index contributed by atoms with van der Waals surface area (Å²) in [5.41, 5.74) is 0. The van der Waals surface area contributed by atoms with Crippen LogP contribution in [0.5, 0.6) is 5.75 Å². The third-order valence-corrected chi connectivity index (χ3v) is 4.84. The summed E-state index contributed by atoms with van der Waals surface area (Å²) in [6.07, 6.45) is 2.80. The number of aryl methyl sites for hydroxylation is 1. The van der Waals surface area contributed by atoms with Gasteiger partial charge in [-0.25, -0.2) is 4.98 Å². The number of aliphatic imine (C=N–C) groups is 1. The molecule has 1 heterocycles. The lowest BCUT2D eigenvalue weighted by Gasteiger charge is -2.11. The number of hydrogen-bond donors (Lipinski definition) is 2. The van der Waals surface area contributed by atoms with E-state index in [-0.39, 0.29) is 24.0 Å². The molecule has 0 radical (unpaired) electrons. The Morgan fingerprint density at radius 3 is 2.70 bits per heavy atom.